The predicted octanol–water partition coefficient (Wildman–Crippen LogP) is 3.70. The molecule has 1 aromatic heterocycles. The molecule has 21 heavy (non-hydrogen) atoms. The van der Waals surface area contributed by atoms with Crippen molar-refractivity contribution in [2.75, 3.05) is 0 Å². The Kier molecular flexibility index (Phi) is 4.15. The van der Waals surface area contributed by atoms with Crippen molar-refractivity contribution in [3.05, 3.63) is 56.8 Å². The van der Waals surface area contributed by atoms with E-state index in [9.17, 15) is 4.79 Å². The molecule has 2 aromatic rings. The SMILES string of the molecule is Cc1cccc(C=NNC(=O)c2cc3c(s2)CCCC3)c1. The Morgan fingerprint density at radius 2 is 2.14 bits per heavy atom. The van der Waals surface area contributed by atoms with Gasteiger partial charge in [-0.15, -0.1) is 11.3 Å². The van der Waals surface area contributed by atoms with Crippen molar-refractivity contribution in [2.24, 2.45) is 5.10 Å². The van der Waals surface area contributed by atoms with Crippen molar-refractivity contribution in [3.63, 3.8) is 0 Å². The summed E-state index contributed by atoms with van der Waals surface area (Å²) in [5.41, 5.74) is 6.13. The summed E-state index contributed by atoms with van der Waals surface area (Å²) in [7, 11) is 0. The van der Waals surface area contributed by atoms with Gasteiger partial charge in [0, 0.05) is 4.88 Å². The Morgan fingerprint density at radius 3 is 2.95 bits per heavy atom. The number of nitrogens with zero attached hydrogens (tertiary/aromatic N) is 1. The number of nitrogens with one attached hydrogen (secondary N) is 1. The van der Waals surface area contributed by atoms with E-state index in [1.165, 1.54) is 28.8 Å². The average Bonchev–Trinajstić information content (AvgIpc) is 2.91. The standard InChI is InChI=1S/C17H18N2OS/c1-12-5-4-6-13(9-12)11-18-19-17(20)16-10-14-7-2-3-8-15(14)21-16/h4-6,9-11H,2-3,7-8H2,1H3,(H,19,20). The minimum Gasteiger partial charge on any atom is -0.266 e. The van der Waals surface area contributed by atoms with Crippen LogP contribution in [0.5, 0.6) is 0 Å². The lowest BCUT2D eigenvalue weighted by molar-refractivity contribution is 0.0959. The van der Waals surface area contributed by atoms with E-state index < -0.39 is 0 Å². The highest BCUT2D eigenvalue weighted by Gasteiger charge is 2.16. The number of amides is 1. The summed E-state index contributed by atoms with van der Waals surface area (Å²) in [6, 6.07) is 10.0. The zero-order valence-electron chi connectivity index (χ0n) is 12.1. The first-order chi connectivity index (χ1) is 10.2. The average molecular weight is 298 g/mol. The number of aryl methyl sites for hydroxylation is 3. The maximum atomic E-state index is 12.1. The predicted molar refractivity (Wildman–Crippen MR) is 87.2 cm³/mol. The lowest BCUT2D eigenvalue weighted by atomic mass is 9.99. The topological polar surface area (TPSA) is 41.5 Å². The minimum absolute atomic E-state index is 0.113. The van der Waals surface area contributed by atoms with Gasteiger partial charge in [-0.3, -0.25) is 4.79 Å². The smallest absolute Gasteiger partial charge is 0.266 e. The van der Waals surface area contributed by atoms with Crippen LogP contribution >= 0.6 is 11.3 Å². The fraction of sp³-hybridized carbons (Fsp3) is 0.294. The molecule has 1 aliphatic rings. The molecule has 1 N–H and O–H groups in total. The fourth-order valence-electron chi connectivity index (χ4n) is 2.57. The molecule has 1 aromatic carbocycles. The van der Waals surface area contributed by atoms with E-state index in [-0.39, 0.29) is 5.91 Å². The number of carbonyl (C=O) groups excluding carboxylic acids is 1. The van der Waals surface area contributed by atoms with Crippen molar-refractivity contribution >= 4 is 23.5 Å². The summed E-state index contributed by atoms with van der Waals surface area (Å²) in [4.78, 5) is 14.2. The summed E-state index contributed by atoms with van der Waals surface area (Å²) in [6.07, 6.45) is 6.36. The molecule has 1 heterocycles. The largest absolute Gasteiger partial charge is 0.281 e. The second-order valence-electron chi connectivity index (χ2n) is 5.38. The normalized spacial score (nSPS) is 14.1. The van der Waals surface area contributed by atoms with Crippen LogP contribution in [-0.4, -0.2) is 12.1 Å². The Labute approximate surface area is 128 Å². The third kappa shape index (κ3) is 3.39. The molecule has 1 aliphatic carbocycles. The molecule has 0 atom stereocenters. The van der Waals surface area contributed by atoms with Crippen molar-refractivity contribution in [2.45, 2.75) is 32.6 Å². The van der Waals surface area contributed by atoms with Gasteiger partial charge in [0.2, 0.25) is 0 Å². The van der Waals surface area contributed by atoms with E-state index in [0.717, 1.165) is 23.3 Å². The number of thiophene rings is 1. The van der Waals surface area contributed by atoms with Crippen LogP contribution in [0.3, 0.4) is 0 Å². The second-order valence-corrected chi connectivity index (χ2v) is 6.52. The van der Waals surface area contributed by atoms with Crippen LogP contribution in [0, 0.1) is 6.92 Å². The summed E-state index contributed by atoms with van der Waals surface area (Å²) >= 11 is 1.61. The quantitative estimate of drug-likeness (QED) is 0.681. The van der Waals surface area contributed by atoms with Crippen LogP contribution < -0.4 is 5.43 Å². The molecule has 0 unspecified atom stereocenters. The molecular formula is C17H18N2OS. The van der Waals surface area contributed by atoms with Crippen molar-refractivity contribution in [1.29, 1.82) is 0 Å². The zero-order valence-corrected chi connectivity index (χ0v) is 12.9. The number of hydrazone groups is 1. The van der Waals surface area contributed by atoms with Crippen LogP contribution in [-0.2, 0) is 12.8 Å². The van der Waals surface area contributed by atoms with Gasteiger partial charge in [0.05, 0.1) is 11.1 Å². The molecule has 0 bridgehead atoms. The summed E-state index contributed by atoms with van der Waals surface area (Å²) in [5, 5.41) is 4.05. The van der Waals surface area contributed by atoms with Crippen LogP contribution in [0.25, 0.3) is 0 Å². The van der Waals surface area contributed by atoms with Crippen LogP contribution in [0.15, 0.2) is 35.4 Å². The Morgan fingerprint density at radius 1 is 1.29 bits per heavy atom. The summed E-state index contributed by atoms with van der Waals surface area (Å²) in [6.45, 7) is 2.03. The molecule has 0 spiro atoms. The monoisotopic (exact) mass is 298 g/mol. The van der Waals surface area contributed by atoms with Gasteiger partial charge in [-0.1, -0.05) is 29.8 Å². The molecule has 108 valence electrons. The highest BCUT2D eigenvalue weighted by molar-refractivity contribution is 7.14. The van der Waals surface area contributed by atoms with Crippen molar-refractivity contribution < 1.29 is 4.79 Å². The summed E-state index contributed by atoms with van der Waals surface area (Å²) in [5.74, 6) is -0.113. The van der Waals surface area contributed by atoms with Crippen LogP contribution in [0.4, 0.5) is 0 Å². The number of rotatable bonds is 3. The first-order valence-electron chi connectivity index (χ1n) is 7.24. The molecule has 0 fully saturated rings. The molecule has 3 rings (SSSR count). The van der Waals surface area contributed by atoms with E-state index in [1.54, 1.807) is 17.6 Å². The number of hydrogen-bond acceptors (Lipinski definition) is 3. The first-order valence-corrected chi connectivity index (χ1v) is 8.06. The van der Waals surface area contributed by atoms with Gasteiger partial charge < -0.3 is 0 Å². The molecule has 3 nitrogen and oxygen atoms in total. The molecule has 4 heteroatoms. The lowest BCUT2D eigenvalue weighted by Crippen LogP contribution is -2.16. The maximum Gasteiger partial charge on any atom is 0.281 e. The van der Waals surface area contributed by atoms with Crippen LogP contribution in [0.2, 0.25) is 0 Å². The van der Waals surface area contributed by atoms with Gasteiger partial charge in [-0.2, -0.15) is 5.10 Å². The molecule has 0 radical (unpaired) electrons. The van der Waals surface area contributed by atoms with Gasteiger partial charge in [0.15, 0.2) is 0 Å². The highest BCUT2D eigenvalue weighted by Crippen LogP contribution is 2.29. The second kappa shape index (κ2) is 6.22. The van der Waals surface area contributed by atoms with E-state index in [4.69, 9.17) is 0 Å². The molecule has 1 amide bonds. The Hall–Kier alpha value is -1.94. The number of benzene rings is 1. The number of hydrogen-bond donors (Lipinski definition) is 1. The van der Waals surface area contributed by atoms with Gasteiger partial charge in [-0.05, 0) is 49.8 Å². The van der Waals surface area contributed by atoms with E-state index in [0.29, 0.717) is 0 Å². The van der Waals surface area contributed by atoms with Gasteiger partial charge >= 0.3 is 0 Å². The minimum atomic E-state index is -0.113. The van der Waals surface area contributed by atoms with Gasteiger partial charge in [0.25, 0.3) is 5.91 Å². The highest BCUT2D eigenvalue weighted by atomic mass is 32.1. The molecule has 0 saturated heterocycles. The van der Waals surface area contributed by atoms with E-state index in [2.05, 4.69) is 10.5 Å². The molecule has 0 saturated carbocycles. The van der Waals surface area contributed by atoms with Gasteiger partial charge in [0.1, 0.15) is 0 Å². The fourth-order valence-corrected chi connectivity index (χ4v) is 3.72. The van der Waals surface area contributed by atoms with Crippen molar-refractivity contribution in [1.82, 2.24) is 5.43 Å². The number of fused-ring (bicyclic) bond motifs is 1. The third-order valence-corrected chi connectivity index (χ3v) is 4.88. The van der Waals surface area contributed by atoms with Crippen LogP contribution in [0.1, 0.15) is 44.1 Å². The third-order valence-electron chi connectivity index (χ3n) is 3.64. The Bertz CT molecular complexity index is 664. The Balaban J connectivity index is 1.65. The maximum absolute atomic E-state index is 12.1. The molecule has 0 aliphatic heterocycles. The zero-order chi connectivity index (χ0) is 14.7. The van der Waals surface area contributed by atoms with Gasteiger partial charge in [-0.25, -0.2) is 5.43 Å². The summed E-state index contributed by atoms with van der Waals surface area (Å²) < 4.78 is 0. The van der Waals surface area contributed by atoms with Crippen molar-refractivity contribution in [3.8, 4) is 0 Å². The molecular weight excluding hydrogens is 280 g/mol. The lowest BCUT2D eigenvalue weighted by Gasteiger charge is -2.08. The van der Waals surface area contributed by atoms with E-state index in [1.807, 2.05) is 37.3 Å². The first kappa shape index (κ1) is 14.0. The van der Waals surface area contributed by atoms with E-state index >= 15 is 0 Å². The number of carbonyl (C=O) groups is 1.